The fourth-order valence-electron chi connectivity index (χ4n) is 1.75. The molecule has 0 saturated carbocycles. The highest BCUT2D eigenvalue weighted by Gasteiger charge is 2.24. The van der Waals surface area contributed by atoms with E-state index in [1.807, 2.05) is 5.38 Å². The van der Waals surface area contributed by atoms with Gasteiger partial charge in [-0.3, -0.25) is 4.79 Å². The minimum atomic E-state index is -0.188. The van der Waals surface area contributed by atoms with Crippen molar-refractivity contribution in [3.05, 3.63) is 10.5 Å². The zero-order valence-corrected chi connectivity index (χ0v) is 9.72. The summed E-state index contributed by atoms with van der Waals surface area (Å²) in [6.45, 7) is 1.66. The van der Waals surface area contributed by atoms with Crippen LogP contribution in [0.15, 0.2) is 5.38 Å². The van der Waals surface area contributed by atoms with Crippen molar-refractivity contribution in [2.24, 2.45) is 11.7 Å². The Bertz CT molecular complexity index is 360. The Morgan fingerprint density at radius 1 is 1.60 bits per heavy atom. The number of nitrogens with zero attached hydrogens (tertiary/aromatic N) is 2. The maximum atomic E-state index is 11.0. The number of aromatic nitrogens is 1. The Kier molecular flexibility index (Phi) is 3.11. The molecule has 1 fully saturated rings. The highest BCUT2D eigenvalue weighted by Crippen LogP contribution is 2.27. The quantitative estimate of drug-likeness (QED) is 0.859. The third-order valence-corrected chi connectivity index (χ3v) is 3.86. The first-order valence-electron chi connectivity index (χ1n) is 4.82. The van der Waals surface area contributed by atoms with Crippen LogP contribution in [-0.4, -0.2) is 24.0 Å². The summed E-state index contributed by atoms with van der Waals surface area (Å²) in [6.07, 6.45) is 1.62. The Hall–Kier alpha value is -0.810. The second-order valence-electron chi connectivity index (χ2n) is 3.62. The van der Waals surface area contributed by atoms with Gasteiger partial charge in [0.05, 0.1) is 0 Å². The lowest BCUT2D eigenvalue weighted by atomic mass is 9.97. The van der Waals surface area contributed by atoms with E-state index in [1.54, 1.807) is 0 Å². The molecule has 0 aliphatic carbocycles. The lowest BCUT2D eigenvalue weighted by molar-refractivity contribution is -0.122. The number of hydrogen-bond donors (Lipinski definition) is 1. The van der Waals surface area contributed by atoms with Crippen LogP contribution in [0.25, 0.3) is 0 Å². The number of carbonyl (C=O) groups excluding carboxylic acids is 1. The Labute approximate surface area is 97.0 Å². The maximum Gasteiger partial charge on any atom is 0.220 e. The van der Waals surface area contributed by atoms with Gasteiger partial charge in [0.25, 0.3) is 0 Å². The first-order chi connectivity index (χ1) is 7.16. The predicted octanol–water partition coefficient (Wildman–Crippen LogP) is 1.50. The van der Waals surface area contributed by atoms with Crippen molar-refractivity contribution < 1.29 is 4.79 Å². The molecule has 6 heteroatoms. The molecule has 0 aromatic carbocycles. The smallest absolute Gasteiger partial charge is 0.220 e. The van der Waals surface area contributed by atoms with Crippen LogP contribution in [0.1, 0.15) is 12.8 Å². The zero-order valence-electron chi connectivity index (χ0n) is 8.15. The van der Waals surface area contributed by atoms with Gasteiger partial charge in [-0.2, -0.15) is 0 Å². The molecule has 15 heavy (non-hydrogen) atoms. The van der Waals surface area contributed by atoms with Gasteiger partial charge in [0.2, 0.25) is 5.91 Å². The molecule has 1 aliphatic rings. The summed E-state index contributed by atoms with van der Waals surface area (Å²) in [4.78, 5) is 17.3. The first kappa shape index (κ1) is 10.7. The van der Waals surface area contributed by atoms with E-state index in [4.69, 9.17) is 17.3 Å². The van der Waals surface area contributed by atoms with Gasteiger partial charge < -0.3 is 10.6 Å². The number of carbonyl (C=O) groups is 1. The van der Waals surface area contributed by atoms with Crippen LogP contribution in [0, 0.1) is 5.92 Å². The molecule has 1 saturated heterocycles. The molecule has 2 rings (SSSR count). The van der Waals surface area contributed by atoms with E-state index in [2.05, 4.69) is 9.88 Å². The number of hydrogen-bond acceptors (Lipinski definition) is 4. The van der Waals surface area contributed by atoms with Crippen molar-refractivity contribution in [3.63, 3.8) is 0 Å². The largest absolute Gasteiger partial charge is 0.369 e. The van der Waals surface area contributed by atoms with Gasteiger partial charge in [-0.25, -0.2) is 4.98 Å². The van der Waals surface area contributed by atoms with Crippen molar-refractivity contribution >= 4 is 34.0 Å². The van der Waals surface area contributed by atoms with Crippen molar-refractivity contribution in [2.75, 3.05) is 18.0 Å². The highest BCUT2D eigenvalue weighted by atomic mass is 35.5. The molecule has 1 aromatic rings. The summed E-state index contributed by atoms with van der Waals surface area (Å²) in [5.74, 6) is -0.163. The molecule has 0 atom stereocenters. The number of primary amides is 1. The molecular weight excluding hydrogens is 234 g/mol. The lowest BCUT2D eigenvalue weighted by Crippen LogP contribution is -2.38. The number of thiazole rings is 1. The van der Waals surface area contributed by atoms with E-state index in [0.717, 1.165) is 31.1 Å². The number of halogens is 1. The van der Waals surface area contributed by atoms with E-state index in [-0.39, 0.29) is 11.8 Å². The molecule has 1 aromatic heterocycles. The normalized spacial score (nSPS) is 18.1. The number of amides is 1. The van der Waals surface area contributed by atoms with Crippen molar-refractivity contribution in [1.29, 1.82) is 0 Å². The topological polar surface area (TPSA) is 59.2 Å². The Balaban J connectivity index is 1.96. The van der Waals surface area contributed by atoms with E-state index in [0.29, 0.717) is 5.15 Å². The fraction of sp³-hybridized carbons (Fsp3) is 0.556. The van der Waals surface area contributed by atoms with E-state index in [1.165, 1.54) is 11.3 Å². The second-order valence-corrected chi connectivity index (χ2v) is 4.84. The second kappa shape index (κ2) is 4.37. The molecule has 2 N–H and O–H groups in total. The third kappa shape index (κ3) is 2.41. The van der Waals surface area contributed by atoms with Crippen LogP contribution >= 0.6 is 22.9 Å². The van der Waals surface area contributed by atoms with Gasteiger partial charge in [0, 0.05) is 24.4 Å². The van der Waals surface area contributed by atoms with Gasteiger partial charge in [-0.15, -0.1) is 11.3 Å². The van der Waals surface area contributed by atoms with Crippen LogP contribution in [-0.2, 0) is 4.79 Å². The standard InChI is InChI=1S/C9H12ClN3OS/c10-7-5-15-9(12-7)13-3-1-6(2-4-13)8(11)14/h5-6H,1-4H2,(H2,11,14). The highest BCUT2D eigenvalue weighted by molar-refractivity contribution is 7.14. The molecule has 1 aliphatic heterocycles. The molecule has 1 amide bonds. The molecular formula is C9H12ClN3OS. The molecule has 0 spiro atoms. The zero-order chi connectivity index (χ0) is 10.8. The third-order valence-electron chi connectivity index (χ3n) is 2.63. The fourth-order valence-corrected chi connectivity index (χ4v) is 2.75. The van der Waals surface area contributed by atoms with Crippen molar-refractivity contribution in [1.82, 2.24) is 4.98 Å². The van der Waals surface area contributed by atoms with Crippen LogP contribution in [0.4, 0.5) is 5.13 Å². The number of piperidine rings is 1. The predicted molar refractivity (Wildman–Crippen MR) is 61.3 cm³/mol. The summed E-state index contributed by atoms with van der Waals surface area (Å²) < 4.78 is 0. The van der Waals surface area contributed by atoms with E-state index >= 15 is 0 Å². The monoisotopic (exact) mass is 245 g/mol. The summed E-state index contributed by atoms with van der Waals surface area (Å²) in [6, 6.07) is 0. The molecule has 2 heterocycles. The average Bonchev–Trinajstić information content (AvgIpc) is 2.65. The van der Waals surface area contributed by atoms with Gasteiger partial charge >= 0.3 is 0 Å². The number of rotatable bonds is 2. The number of nitrogens with two attached hydrogens (primary N) is 1. The molecule has 0 radical (unpaired) electrons. The van der Waals surface area contributed by atoms with Crippen LogP contribution in [0.5, 0.6) is 0 Å². The van der Waals surface area contributed by atoms with Crippen molar-refractivity contribution in [3.8, 4) is 0 Å². The van der Waals surface area contributed by atoms with Gasteiger partial charge in [-0.1, -0.05) is 11.6 Å². The average molecular weight is 246 g/mol. The van der Waals surface area contributed by atoms with Gasteiger partial charge in [0.15, 0.2) is 5.13 Å². The SMILES string of the molecule is NC(=O)C1CCN(c2nc(Cl)cs2)CC1. The molecule has 82 valence electrons. The van der Waals surface area contributed by atoms with E-state index < -0.39 is 0 Å². The van der Waals surface area contributed by atoms with Crippen LogP contribution in [0.2, 0.25) is 5.15 Å². The van der Waals surface area contributed by atoms with Crippen LogP contribution in [0.3, 0.4) is 0 Å². The minimum Gasteiger partial charge on any atom is -0.369 e. The summed E-state index contributed by atoms with van der Waals surface area (Å²) in [5, 5.41) is 3.28. The van der Waals surface area contributed by atoms with Gasteiger partial charge in [0.1, 0.15) is 5.15 Å². The Morgan fingerprint density at radius 3 is 2.73 bits per heavy atom. The summed E-state index contributed by atoms with van der Waals surface area (Å²) in [5.41, 5.74) is 5.26. The number of anilines is 1. The van der Waals surface area contributed by atoms with Crippen molar-refractivity contribution in [2.45, 2.75) is 12.8 Å². The van der Waals surface area contributed by atoms with E-state index in [9.17, 15) is 4.79 Å². The lowest BCUT2D eigenvalue weighted by Gasteiger charge is -2.30. The van der Waals surface area contributed by atoms with Gasteiger partial charge in [-0.05, 0) is 12.8 Å². The molecule has 0 bridgehead atoms. The Morgan fingerprint density at radius 2 is 2.27 bits per heavy atom. The summed E-state index contributed by atoms with van der Waals surface area (Å²) in [7, 11) is 0. The summed E-state index contributed by atoms with van der Waals surface area (Å²) >= 11 is 7.29. The molecule has 0 unspecified atom stereocenters. The minimum absolute atomic E-state index is 0.0247. The van der Waals surface area contributed by atoms with Crippen LogP contribution < -0.4 is 10.6 Å². The maximum absolute atomic E-state index is 11.0. The first-order valence-corrected chi connectivity index (χ1v) is 6.08. The molecule has 4 nitrogen and oxygen atoms in total.